The Morgan fingerprint density at radius 1 is 1.15 bits per heavy atom. The topological polar surface area (TPSA) is 37.4 Å². The first-order valence-corrected chi connectivity index (χ1v) is 8.05. The molecule has 2 unspecified atom stereocenters. The maximum atomic E-state index is 12.6. The molecule has 3 rings (SSSR count). The van der Waals surface area contributed by atoms with Crippen LogP contribution in [0.25, 0.3) is 0 Å². The van der Waals surface area contributed by atoms with Gasteiger partial charge < -0.3 is 4.90 Å². The van der Waals surface area contributed by atoms with Crippen molar-refractivity contribution in [3.63, 3.8) is 0 Å². The molecular weight excluding hydrogens is 318 g/mol. The van der Waals surface area contributed by atoms with E-state index in [9.17, 15) is 9.59 Å². The Bertz CT molecular complexity index is 526. The number of hydrogen-bond donors (Lipinski definition) is 0. The third kappa shape index (κ3) is 2.53. The van der Waals surface area contributed by atoms with E-state index < -0.39 is 0 Å². The standard InChI is InChI=1S/C16H18BrNO2/c17-12-8-6-11(7-9-12)16(20)18-10-2-4-14(18)13-3-1-5-15(13)19/h6-9,13-14H,1-5,10H2. The van der Waals surface area contributed by atoms with Gasteiger partial charge in [-0.25, -0.2) is 0 Å². The van der Waals surface area contributed by atoms with Gasteiger partial charge in [0.15, 0.2) is 0 Å². The minimum Gasteiger partial charge on any atom is -0.335 e. The van der Waals surface area contributed by atoms with Crippen molar-refractivity contribution in [1.29, 1.82) is 0 Å². The van der Waals surface area contributed by atoms with Crippen LogP contribution in [0.4, 0.5) is 0 Å². The summed E-state index contributed by atoms with van der Waals surface area (Å²) in [4.78, 5) is 26.5. The Morgan fingerprint density at radius 3 is 2.55 bits per heavy atom. The largest absolute Gasteiger partial charge is 0.335 e. The first kappa shape index (κ1) is 13.8. The molecule has 0 radical (unpaired) electrons. The molecular formula is C16H18BrNO2. The summed E-state index contributed by atoms with van der Waals surface area (Å²) in [5.41, 5.74) is 0.713. The zero-order chi connectivity index (χ0) is 14.1. The maximum Gasteiger partial charge on any atom is 0.254 e. The van der Waals surface area contributed by atoms with Crippen LogP contribution in [0.1, 0.15) is 42.5 Å². The van der Waals surface area contributed by atoms with Crippen molar-refractivity contribution >= 4 is 27.6 Å². The van der Waals surface area contributed by atoms with Gasteiger partial charge in [-0.3, -0.25) is 9.59 Å². The van der Waals surface area contributed by atoms with Gasteiger partial charge in [0.2, 0.25) is 0 Å². The second kappa shape index (κ2) is 5.68. The molecule has 2 fully saturated rings. The van der Waals surface area contributed by atoms with Crippen molar-refractivity contribution in [1.82, 2.24) is 4.90 Å². The van der Waals surface area contributed by atoms with E-state index in [2.05, 4.69) is 15.9 Å². The minimum absolute atomic E-state index is 0.0692. The number of benzene rings is 1. The summed E-state index contributed by atoms with van der Waals surface area (Å²) in [5, 5.41) is 0. The number of carbonyl (C=O) groups excluding carboxylic acids is 2. The van der Waals surface area contributed by atoms with Crippen LogP contribution in [-0.2, 0) is 4.79 Å². The van der Waals surface area contributed by atoms with E-state index in [4.69, 9.17) is 0 Å². The van der Waals surface area contributed by atoms with Gasteiger partial charge >= 0.3 is 0 Å². The highest BCUT2D eigenvalue weighted by atomic mass is 79.9. The zero-order valence-electron chi connectivity index (χ0n) is 11.3. The number of rotatable bonds is 2. The van der Waals surface area contributed by atoms with E-state index in [1.54, 1.807) is 0 Å². The smallest absolute Gasteiger partial charge is 0.254 e. The second-order valence-electron chi connectivity index (χ2n) is 5.68. The second-order valence-corrected chi connectivity index (χ2v) is 6.60. The van der Waals surface area contributed by atoms with Gasteiger partial charge in [-0.1, -0.05) is 15.9 Å². The zero-order valence-corrected chi connectivity index (χ0v) is 12.9. The summed E-state index contributed by atoms with van der Waals surface area (Å²) in [5.74, 6) is 0.502. The summed E-state index contributed by atoms with van der Waals surface area (Å²) < 4.78 is 0.970. The lowest BCUT2D eigenvalue weighted by molar-refractivity contribution is -0.121. The van der Waals surface area contributed by atoms with Crippen molar-refractivity contribution in [3.8, 4) is 0 Å². The van der Waals surface area contributed by atoms with Crippen LogP contribution in [0.2, 0.25) is 0 Å². The fraction of sp³-hybridized carbons (Fsp3) is 0.500. The molecule has 0 bridgehead atoms. The Kier molecular flexibility index (Phi) is 3.92. The third-order valence-corrected chi connectivity index (χ3v) is 5.00. The lowest BCUT2D eigenvalue weighted by Gasteiger charge is -2.28. The van der Waals surface area contributed by atoms with Crippen molar-refractivity contribution < 1.29 is 9.59 Å². The number of Topliss-reactive ketones (excluding diaryl/α,β-unsaturated/α-hetero) is 1. The summed E-state index contributed by atoms with van der Waals surface area (Å²) in [6.07, 6.45) is 4.62. The predicted octanol–water partition coefficient (Wildman–Crippen LogP) is 3.42. The van der Waals surface area contributed by atoms with Crippen molar-refractivity contribution in [3.05, 3.63) is 34.3 Å². The summed E-state index contributed by atoms with van der Waals surface area (Å²) in [6.45, 7) is 0.781. The van der Waals surface area contributed by atoms with Gasteiger partial charge in [-0.2, -0.15) is 0 Å². The molecule has 0 aromatic heterocycles. The van der Waals surface area contributed by atoms with Crippen LogP contribution in [-0.4, -0.2) is 29.2 Å². The summed E-state index contributed by atoms with van der Waals surface area (Å²) in [6, 6.07) is 7.59. The monoisotopic (exact) mass is 335 g/mol. The molecule has 106 valence electrons. The lowest BCUT2D eigenvalue weighted by Crippen LogP contribution is -2.41. The average molecular weight is 336 g/mol. The lowest BCUT2D eigenvalue weighted by atomic mass is 9.94. The third-order valence-electron chi connectivity index (χ3n) is 4.47. The van der Waals surface area contributed by atoms with Gasteiger partial charge in [-0.15, -0.1) is 0 Å². The van der Waals surface area contributed by atoms with Gasteiger partial charge in [-0.05, 0) is 49.9 Å². The van der Waals surface area contributed by atoms with Gasteiger partial charge in [0.25, 0.3) is 5.91 Å². The number of nitrogens with zero attached hydrogens (tertiary/aromatic N) is 1. The van der Waals surface area contributed by atoms with E-state index in [0.29, 0.717) is 17.8 Å². The predicted molar refractivity (Wildman–Crippen MR) is 80.5 cm³/mol. The van der Waals surface area contributed by atoms with Crippen LogP contribution in [0.15, 0.2) is 28.7 Å². The molecule has 0 N–H and O–H groups in total. The minimum atomic E-state index is 0.0692. The fourth-order valence-corrected chi connectivity index (χ4v) is 3.74. The van der Waals surface area contributed by atoms with Crippen LogP contribution in [0.3, 0.4) is 0 Å². The number of amides is 1. The Hall–Kier alpha value is -1.16. The van der Waals surface area contributed by atoms with E-state index in [-0.39, 0.29) is 17.9 Å². The molecule has 1 aliphatic heterocycles. The number of ketones is 1. The number of likely N-dealkylation sites (tertiary alicyclic amines) is 1. The molecule has 1 aromatic carbocycles. The molecule has 20 heavy (non-hydrogen) atoms. The first-order chi connectivity index (χ1) is 9.66. The maximum absolute atomic E-state index is 12.6. The summed E-state index contributed by atoms with van der Waals surface area (Å²) >= 11 is 3.38. The number of halogens is 1. The number of carbonyl (C=O) groups is 2. The SMILES string of the molecule is O=C1CCCC1C1CCCN1C(=O)c1ccc(Br)cc1. The first-order valence-electron chi connectivity index (χ1n) is 7.26. The highest BCUT2D eigenvalue weighted by Gasteiger charge is 2.40. The Labute approximate surface area is 127 Å². The molecule has 1 saturated carbocycles. The fourth-order valence-electron chi connectivity index (χ4n) is 3.47. The van der Waals surface area contributed by atoms with E-state index in [1.807, 2.05) is 29.2 Å². The van der Waals surface area contributed by atoms with Gasteiger partial charge in [0, 0.05) is 35.0 Å². The highest BCUT2D eigenvalue weighted by Crippen LogP contribution is 2.34. The Morgan fingerprint density at radius 2 is 1.90 bits per heavy atom. The van der Waals surface area contributed by atoms with Crippen molar-refractivity contribution in [2.45, 2.75) is 38.1 Å². The number of hydrogen-bond acceptors (Lipinski definition) is 2. The molecule has 0 spiro atoms. The van der Waals surface area contributed by atoms with Crippen molar-refractivity contribution in [2.75, 3.05) is 6.54 Å². The molecule has 1 saturated heterocycles. The van der Waals surface area contributed by atoms with E-state index in [1.165, 1.54) is 0 Å². The average Bonchev–Trinajstić information content (AvgIpc) is 3.07. The van der Waals surface area contributed by atoms with Crippen molar-refractivity contribution in [2.24, 2.45) is 5.92 Å². The molecule has 1 heterocycles. The van der Waals surface area contributed by atoms with Gasteiger partial charge in [0.1, 0.15) is 5.78 Å². The molecule has 1 aromatic rings. The molecule has 1 aliphatic carbocycles. The Balaban J connectivity index is 1.79. The normalized spacial score (nSPS) is 26.2. The molecule has 4 heteroatoms. The molecule has 2 aliphatic rings. The van der Waals surface area contributed by atoms with Crippen LogP contribution in [0, 0.1) is 5.92 Å². The summed E-state index contributed by atoms with van der Waals surface area (Å²) in [7, 11) is 0. The molecule has 2 atom stereocenters. The van der Waals surface area contributed by atoms with Crippen LogP contribution < -0.4 is 0 Å². The van der Waals surface area contributed by atoms with Crippen LogP contribution in [0.5, 0.6) is 0 Å². The molecule has 1 amide bonds. The van der Waals surface area contributed by atoms with E-state index in [0.717, 1.165) is 36.7 Å². The highest BCUT2D eigenvalue weighted by molar-refractivity contribution is 9.10. The molecule has 3 nitrogen and oxygen atoms in total. The van der Waals surface area contributed by atoms with Crippen LogP contribution >= 0.6 is 15.9 Å². The quantitative estimate of drug-likeness (QED) is 0.830. The van der Waals surface area contributed by atoms with E-state index >= 15 is 0 Å². The van der Waals surface area contributed by atoms with Gasteiger partial charge in [0.05, 0.1) is 0 Å².